The van der Waals surface area contributed by atoms with Crippen LogP contribution >= 0.6 is 11.3 Å². The first-order chi connectivity index (χ1) is 10.4. The number of rotatable bonds is 4. The minimum atomic E-state index is -0.335. The van der Waals surface area contributed by atoms with Gasteiger partial charge >= 0.3 is 5.97 Å². The molecule has 1 aromatic carbocycles. The summed E-state index contributed by atoms with van der Waals surface area (Å²) in [6.45, 7) is 10.5. The highest BCUT2D eigenvalue weighted by molar-refractivity contribution is 7.17. The molecule has 0 fully saturated rings. The van der Waals surface area contributed by atoms with E-state index >= 15 is 0 Å². The molecule has 0 atom stereocenters. The molecule has 0 aliphatic rings. The third kappa shape index (κ3) is 3.02. The zero-order chi connectivity index (χ0) is 16.4. The van der Waals surface area contributed by atoms with E-state index in [4.69, 9.17) is 10.5 Å². The summed E-state index contributed by atoms with van der Waals surface area (Å²) < 4.78 is 5.22. The molecule has 118 valence electrons. The third-order valence-electron chi connectivity index (χ3n) is 3.62. The van der Waals surface area contributed by atoms with Gasteiger partial charge in [0, 0.05) is 10.4 Å². The van der Waals surface area contributed by atoms with Gasteiger partial charge < -0.3 is 10.5 Å². The maximum absolute atomic E-state index is 12.4. The van der Waals surface area contributed by atoms with E-state index in [2.05, 4.69) is 45.9 Å². The molecule has 0 radical (unpaired) electrons. The zero-order valence-corrected chi connectivity index (χ0v) is 14.6. The van der Waals surface area contributed by atoms with E-state index in [-0.39, 0.29) is 5.97 Å². The average molecular weight is 317 g/mol. The van der Waals surface area contributed by atoms with Crippen LogP contribution in [0.15, 0.2) is 18.2 Å². The van der Waals surface area contributed by atoms with Gasteiger partial charge in [-0.25, -0.2) is 4.79 Å². The summed E-state index contributed by atoms with van der Waals surface area (Å²) >= 11 is 1.49. The van der Waals surface area contributed by atoms with Crippen LogP contribution in [-0.4, -0.2) is 12.6 Å². The highest BCUT2D eigenvalue weighted by atomic mass is 32.1. The minimum absolute atomic E-state index is 0.297. The lowest BCUT2D eigenvalue weighted by atomic mass is 9.93. The Morgan fingerprint density at radius 2 is 2.00 bits per heavy atom. The molecule has 0 saturated carbocycles. The number of carbonyl (C=O) groups excluding carboxylic acids is 1. The maximum atomic E-state index is 12.4. The van der Waals surface area contributed by atoms with Gasteiger partial charge in [-0.05, 0) is 37.8 Å². The number of nitrogens with two attached hydrogens (primary N) is 1. The standard InChI is InChI=1S/C18H23NO2S/c1-6-21-18(20)15-14(16(10(2)3)22-17(15)19)13-8-7-11(4)9-12(13)5/h7-10H,6,19H2,1-5H3. The Kier molecular flexibility index (Phi) is 4.91. The fourth-order valence-electron chi connectivity index (χ4n) is 2.64. The predicted octanol–water partition coefficient (Wildman–Crippen LogP) is 4.91. The highest BCUT2D eigenvalue weighted by Gasteiger charge is 2.26. The molecule has 0 unspecified atom stereocenters. The minimum Gasteiger partial charge on any atom is -0.462 e. The first kappa shape index (κ1) is 16.6. The SMILES string of the molecule is CCOC(=O)c1c(N)sc(C(C)C)c1-c1ccc(C)cc1C. The van der Waals surface area contributed by atoms with E-state index in [1.165, 1.54) is 16.9 Å². The van der Waals surface area contributed by atoms with Crippen molar-refractivity contribution in [1.29, 1.82) is 0 Å². The molecule has 0 amide bonds. The Hall–Kier alpha value is -1.81. The summed E-state index contributed by atoms with van der Waals surface area (Å²) in [6, 6.07) is 6.26. The van der Waals surface area contributed by atoms with Crippen LogP contribution in [0.2, 0.25) is 0 Å². The van der Waals surface area contributed by atoms with Crippen molar-refractivity contribution in [3.8, 4) is 11.1 Å². The molecule has 0 aliphatic carbocycles. The van der Waals surface area contributed by atoms with Crippen molar-refractivity contribution in [3.05, 3.63) is 39.8 Å². The monoisotopic (exact) mass is 317 g/mol. The van der Waals surface area contributed by atoms with Crippen LogP contribution in [-0.2, 0) is 4.74 Å². The van der Waals surface area contributed by atoms with Crippen molar-refractivity contribution in [3.63, 3.8) is 0 Å². The summed E-state index contributed by atoms with van der Waals surface area (Å²) in [5, 5.41) is 0.539. The van der Waals surface area contributed by atoms with Gasteiger partial charge in [-0.3, -0.25) is 0 Å². The summed E-state index contributed by atoms with van der Waals surface area (Å²) in [6.07, 6.45) is 0. The molecule has 3 nitrogen and oxygen atoms in total. The number of nitrogen functional groups attached to an aromatic ring is 1. The number of thiophene rings is 1. The van der Waals surface area contributed by atoms with Crippen molar-refractivity contribution in [2.75, 3.05) is 12.3 Å². The first-order valence-electron chi connectivity index (χ1n) is 7.53. The van der Waals surface area contributed by atoms with E-state index in [9.17, 15) is 4.79 Å². The average Bonchev–Trinajstić information content (AvgIpc) is 2.76. The summed E-state index contributed by atoms with van der Waals surface area (Å²) in [5.74, 6) is -0.0377. The number of esters is 1. The van der Waals surface area contributed by atoms with Crippen molar-refractivity contribution in [2.24, 2.45) is 0 Å². The number of hydrogen-bond donors (Lipinski definition) is 1. The summed E-state index contributed by atoms with van der Waals surface area (Å²) in [7, 11) is 0. The van der Waals surface area contributed by atoms with Gasteiger partial charge in [-0.1, -0.05) is 37.6 Å². The molecule has 2 rings (SSSR count). The normalized spacial score (nSPS) is 11.0. The molecule has 22 heavy (non-hydrogen) atoms. The highest BCUT2D eigenvalue weighted by Crippen LogP contribution is 2.43. The van der Waals surface area contributed by atoms with E-state index in [0.717, 1.165) is 21.6 Å². The molecule has 0 spiro atoms. The van der Waals surface area contributed by atoms with Crippen molar-refractivity contribution >= 4 is 22.3 Å². The Bertz CT molecular complexity index is 701. The van der Waals surface area contributed by atoms with Crippen molar-refractivity contribution < 1.29 is 9.53 Å². The second-order valence-corrected chi connectivity index (χ2v) is 6.86. The van der Waals surface area contributed by atoms with E-state index < -0.39 is 0 Å². The van der Waals surface area contributed by atoms with Gasteiger partial charge in [0.1, 0.15) is 10.6 Å². The lowest BCUT2D eigenvalue weighted by Gasteiger charge is -2.13. The van der Waals surface area contributed by atoms with E-state index in [1.807, 2.05) is 0 Å². The smallest absolute Gasteiger partial charge is 0.341 e. The molecule has 0 bridgehead atoms. The van der Waals surface area contributed by atoms with Crippen LogP contribution in [0, 0.1) is 13.8 Å². The van der Waals surface area contributed by atoms with E-state index in [1.54, 1.807) is 6.92 Å². The van der Waals surface area contributed by atoms with Crippen LogP contribution in [0.25, 0.3) is 11.1 Å². The fourth-order valence-corrected chi connectivity index (χ4v) is 3.72. The molecular weight excluding hydrogens is 294 g/mol. The summed E-state index contributed by atoms with van der Waals surface area (Å²) in [4.78, 5) is 13.5. The predicted molar refractivity (Wildman–Crippen MR) is 93.7 cm³/mol. The summed E-state index contributed by atoms with van der Waals surface area (Å²) in [5.41, 5.74) is 11.0. The maximum Gasteiger partial charge on any atom is 0.341 e. The van der Waals surface area contributed by atoms with Crippen LogP contribution in [0.1, 0.15) is 53.1 Å². The van der Waals surface area contributed by atoms with Gasteiger partial charge in [0.15, 0.2) is 0 Å². The van der Waals surface area contributed by atoms with Gasteiger partial charge in [-0.2, -0.15) is 0 Å². The number of ether oxygens (including phenoxy) is 1. The quantitative estimate of drug-likeness (QED) is 0.815. The van der Waals surface area contributed by atoms with Crippen LogP contribution in [0.3, 0.4) is 0 Å². The number of anilines is 1. The molecule has 0 saturated heterocycles. The molecular formula is C18H23NO2S. The number of hydrogen-bond acceptors (Lipinski definition) is 4. The lowest BCUT2D eigenvalue weighted by molar-refractivity contribution is 0.0529. The molecule has 1 aromatic heterocycles. The Balaban J connectivity index is 2.73. The molecule has 0 aliphatic heterocycles. The van der Waals surface area contributed by atoms with E-state index in [0.29, 0.717) is 23.1 Å². The largest absolute Gasteiger partial charge is 0.462 e. The Labute approximate surface area is 136 Å². The molecule has 1 heterocycles. The number of aryl methyl sites for hydroxylation is 2. The van der Waals surface area contributed by atoms with Crippen LogP contribution < -0.4 is 5.73 Å². The third-order valence-corrected chi connectivity index (χ3v) is 4.94. The van der Waals surface area contributed by atoms with Gasteiger partial charge in [0.2, 0.25) is 0 Å². The molecule has 4 heteroatoms. The zero-order valence-electron chi connectivity index (χ0n) is 13.8. The Morgan fingerprint density at radius 1 is 1.32 bits per heavy atom. The van der Waals surface area contributed by atoms with Gasteiger partial charge in [0.05, 0.1) is 6.61 Å². The first-order valence-corrected chi connectivity index (χ1v) is 8.35. The number of benzene rings is 1. The van der Waals surface area contributed by atoms with Crippen LogP contribution in [0.4, 0.5) is 5.00 Å². The topological polar surface area (TPSA) is 52.3 Å². The van der Waals surface area contributed by atoms with Crippen molar-refractivity contribution in [2.45, 2.75) is 40.5 Å². The number of carbonyl (C=O) groups is 1. The lowest BCUT2D eigenvalue weighted by Crippen LogP contribution is -2.08. The molecule has 2 N–H and O–H groups in total. The Morgan fingerprint density at radius 3 is 2.55 bits per heavy atom. The second-order valence-electron chi connectivity index (χ2n) is 5.77. The van der Waals surface area contributed by atoms with Gasteiger partial charge in [-0.15, -0.1) is 11.3 Å². The van der Waals surface area contributed by atoms with Crippen LogP contribution in [0.5, 0.6) is 0 Å². The van der Waals surface area contributed by atoms with Crippen molar-refractivity contribution in [1.82, 2.24) is 0 Å². The fraction of sp³-hybridized carbons (Fsp3) is 0.389. The van der Waals surface area contributed by atoms with Gasteiger partial charge in [0.25, 0.3) is 0 Å². The second kappa shape index (κ2) is 6.53. The molecule has 2 aromatic rings.